The van der Waals surface area contributed by atoms with Crippen molar-refractivity contribution in [2.24, 2.45) is 0 Å². The van der Waals surface area contributed by atoms with Gasteiger partial charge in [-0.25, -0.2) is 0 Å². The summed E-state index contributed by atoms with van der Waals surface area (Å²) in [5.74, 6) is 0. The Morgan fingerprint density at radius 2 is 1.20 bits per heavy atom. The quantitative estimate of drug-likeness (QED) is 0.341. The van der Waals surface area contributed by atoms with Crippen LogP contribution in [0, 0.1) is 0 Å². The summed E-state index contributed by atoms with van der Waals surface area (Å²) >= 11 is 0. The molecule has 0 rings (SSSR count). The van der Waals surface area contributed by atoms with E-state index >= 15 is 0 Å². The maximum absolute atomic E-state index is 0. The zero-order chi connectivity index (χ0) is 0. The van der Waals surface area contributed by atoms with E-state index in [9.17, 15) is 0 Å². The molecule has 0 aromatic heterocycles. The fourth-order valence-corrected chi connectivity index (χ4v) is 0. The van der Waals surface area contributed by atoms with Gasteiger partial charge in [-0.3, -0.25) is 0 Å². The molecule has 0 aliphatic rings. The molecule has 0 N–H and O–H groups in total. The van der Waals surface area contributed by atoms with Crippen LogP contribution in [0.25, 0.3) is 0 Å². The van der Waals surface area contributed by atoms with Gasteiger partial charge in [-0.2, -0.15) is 0 Å². The van der Waals surface area contributed by atoms with Crippen molar-refractivity contribution in [3.8, 4) is 0 Å². The SMILES string of the molecule is [Ca+2].[Cs+].[GeH4].[H-].[H-].[H-].[H-].[H-].[SeH2].[Sr+2]. The summed E-state index contributed by atoms with van der Waals surface area (Å²) in [5, 5.41) is 0. The number of rotatable bonds is 0. The van der Waals surface area contributed by atoms with Crippen LogP contribution in [0.5, 0.6) is 0 Å². The first-order valence-electron chi connectivity index (χ1n) is 0. The molecule has 0 aromatic rings. The van der Waals surface area contributed by atoms with Crippen LogP contribution >= 0.6 is 0 Å². The third-order valence-electron chi connectivity index (χ3n) is 0. The summed E-state index contributed by atoms with van der Waals surface area (Å²) in [5.41, 5.74) is 0. The first-order chi connectivity index (χ1) is 0. The third kappa shape index (κ3) is 17.7. The normalized spacial score (nSPS) is 0. The van der Waals surface area contributed by atoms with Gasteiger partial charge in [-0.15, -0.1) is 0 Å². The van der Waals surface area contributed by atoms with Crippen molar-refractivity contribution in [1.82, 2.24) is 0 Å². The molecule has 0 unspecified atom stereocenters. The van der Waals surface area contributed by atoms with Crippen LogP contribution < -0.4 is 68.9 Å². The molecular weight excluding hydrogens is 412 g/mol. The Hall–Kier alpha value is 5.85. The molecule has 0 radical (unpaired) electrons. The van der Waals surface area contributed by atoms with Crippen molar-refractivity contribution in [3.05, 3.63) is 0 Å². The maximum Gasteiger partial charge on any atom is 2.00 e. The van der Waals surface area contributed by atoms with E-state index in [1.165, 1.54) is 0 Å². The van der Waals surface area contributed by atoms with Crippen LogP contribution in [0.2, 0.25) is 0 Å². The van der Waals surface area contributed by atoms with Crippen molar-refractivity contribution < 1.29 is 76.0 Å². The van der Waals surface area contributed by atoms with E-state index in [2.05, 4.69) is 0 Å². The van der Waals surface area contributed by atoms with Gasteiger partial charge in [0.2, 0.25) is 0 Å². The Balaban J connectivity index is 0. The molecule has 0 spiro atoms. The van der Waals surface area contributed by atoms with Gasteiger partial charge in [0.25, 0.3) is 0 Å². The molecular formula is H11CaCsGeSeSr. The van der Waals surface area contributed by atoms with Gasteiger partial charge in [0.05, 0.1) is 0 Å². The van der Waals surface area contributed by atoms with E-state index in [-0.39, 0.29) is 194 Å². The number of hydrogen-bond donors (Lipinski definition) is 0. The van der Waals surface area contributed by atoms with Crippen LogP contribution in [0.3, 0.4) is 0 Å². The van der Waals surface area contributed by atoms with E-state index < -0.39 is 0 Å². The Morgan fingerprint density at radius 1 is 1.20 bits per heavy atom. The average molecular weight is 423 g/mol. The zero-order valence-corrected chi connectivity index (χ0v) is 17.0. The smallest absolute Gasteiger partial charge is 2.00 e. The molecule has 0 saturated carbocycles. The molecule has 0 aromatic carbocycles. The van der Waals surface area contributed by atoms with Crippen LogP contribution in [0.15, 0.2) is 0 Å². The molecule has 0 bridgehead atoms. The van der Waals surface area contributed by atoms with Gasteiger partial charge < -0.3 is 7.13 Å². The van der Waals surface area contributed by atoms with Crippen LogP contribution in [0.1, 0.15) is 7.13 Å². The molecule has 0 fully saturated rings. The minimum absolute atomic E-state index is 0. The Bertz CT molecular complexity index is 21.6. The van der Waals surface area contributed by atoms with E-state index in [1.807, 2.05) is 0 Å². The van der Waals surface area contributed by atoms with E-state index in [0.717, 1.165) is 0 Å². The van der Waals surface area contributed by atoms with Crippen molar-refractivity contribution >= 4 is 118 Å². The monoisotopic (exact) mass is 426 g/mol. The maximum atomic E-state index is 0. The largest absolute Gasteiger partial charge is 2.00 e. The van der Waals surface area contributed by atoms with Gasteiger partial charge in [0, 0.05) is 0 Å². The number of hydrogen-bond acceptors (Lipinski definition) is 0. The average Bonchev–Trinajstić information content (AvgIpc) is 0. The fraction of sp³-hybridized carbons (Fsp3) is 0. The third-order valence-corrected chi connectivity index (χ3v) is 0. The van der Waals surface area contributed by atoms with Crippen molar-refractivity contribution in [3.63, 3.8) is 0 Å². The first kappa shape index (κ1) is 30.8. The second-order valence-corrected chi connectivity index (χ2v) is 0. The predicted molar refractivity (Wildman–Crippen MR) is 36.9 cm³/mol. The molecule has 0 nitrogen and oxygen atoms in total. The van der Waals surface area contributed by atoms with E-state index in [4.69, 9.17) is 0 Å². The minimum atomic E-state index is 0. The predicted octanol–water partition coefficient (Wildman–Crippen LogP) is -5.56. The van der Waals surface area contributed by atoms with Crippen molar-refractivity contribution in [2.75, 3.05) is 0 Å². The van der Waals surface area contributed by atoms with Crippen molar-refractivity contribution in [2.45, 2.75) is 0 Å². The van der Waals surface area contributed by atoms with Gasteiger partial charge in [-0.05, 0) is 0 Å². The molecule has 0 aliphatic heterocycles. The van der Waals surface area contributed by atoms with Crippen LogP contribution in [-0.2, 0) is 0 Å². The first-order valence-corrected chi connectivity index (χ1v) is 0. The molecule has 0 aliphatic carbocycles. The van der Waals surface area contributed by atoms with Crippen LogP contribution in [0.4, 0.5) is 0 Å². The zero-order valence-electron chi connectivity index (χ0n) is 7.91. The standard InChI is InChI=1S/Ca.Cs.GeH4.H2Se.Sr.5H/h;;1H4;1H2;;;;;;/q+2;+1;;;+2;5*-1. The molecule has 0 amide bonds. The van der Waals surface area contributed by atoms with Crippen molar-refractivity contribution in [1.29, 1.82) is 0 Å². The topological polar surface area (TPSA) is 0 Å². The van der Waals surface area contributed by atoms with Gasteiger partial charge in [0.15, 0.2) is 0 Å². The van der Waals surface area contributed by atoms with E-state index in [1.54, 1.807) is 0 Å². The Kier molecular flexibility index (Phi) is 139. The Morgan fingerprint density at radius 3 is 1.20 bits per heavy atom. The molecule has 26 valence electrons. The Labute approximate surface area is 187 Å². The minimum Gasteiger partial charge on any atom is 2.00 e. The van der Waals surface area contributed by atoms with E-state index in [0.29, 0.717) is 0 Å². The van der Waals surface area contributed by atoms with Gasteiger partial charge in [-0.1, -0.05) is 0 Å². The van der Waals surface area contributed by atoms with Gasteiger partial charge in [0.1, 0.15) is 0 Å². The van der Waals surface area contributed by atoms with Gasteiger partial charge >= 0.3 is 187 Å². The molecule has 0 atom stereocenters. The molecule has 5 heavy (non-hydrogen) atoms. The van der Waals surface area contributed by atoms with Crippen LogP contribution in [-0.4, -0.2) is 118 Å². The summed E-state index contributed by atoms with van der Waals surface area (Å²) in [7, 11) is 0. The second kappa shape index (κ2) is 22.5. The molecule has 0 saturated heterocycles. The summed E-state index contributed by atoms with van der Waals surface area (Å²) < 4.78 is 0. The summed E-state index contributed by atoms with van der Waals surface area (Å²) in [4.78, 5) is 0. The summed E-state index contributed by atoms with van der Waals surface area (Å²) in [6.45, 7) is 0. The second-order valence-electron chi connectivity index (χ2n) is 0. The summed E-state index contributed by atoms with van der Waals surface area (Å²) in [6, 6.07) is 0. The molecule has 5 heteroatoms. The molecule has 0 heterocycles. The summed E-state index contributed by atoms with van der Waals surface area (Å²) in [6.07, 6.45) is 0. The fourth-order valence-electron chi connectivity index (χ4n) is 0.